The lowest BCUT2D eigenvalue weighted by atomic mass is 11.6. The molecule has 0 spiro atoms. The van der Waals surface area contributed by atoms with Gasteiger partial charge >= 0.3 is 3.98 Å². The van der Waals surface area contributed by atoms with Crippen molar-refractivity contribution in [2.24, 2.45) is 0 Å². The Balaban J connectivity index is 2.88. The van der Waals surface area contributed by atoms with Crippen LogP contribution in [0.4, 0.5) is 4.79 Å². The van der Waals surface area contributed by atoms with Gasteiger partial charge in [0.2, 0.25) is 0 Å². The molecule has 0 saturated heterocycles. The minimum absolute atomic E-state index is 0.806. The molecule has 13 heteroatoms. The topological polar surface area (TPSA) is 109 Å². The van der Waals surface area contributed by atoms with Gasteiger partial charge in [-0.25, -0.2) is 4.79 Å². The largest absolute Gasteiger partial charge is 0.403 e. The highest BCUT2D eigenvalue weighted by atomic mass is 127. The predicted octanol–water partition coefficient (Wildman–Crippen LogP) is 1.29. The summed E-state index contributed by atoms with van der Waals surface area (Å²) in [6, 6.07) is 0. The fourth-order valence-corrected chi connectivity index (χ4v) is 0.253. The lowest BCUT2D eigenvalue weighted by molar-refractivity contribution is -0.837. The molecule has 0 saturated carbocycles. The first-order valence-electron chi connectivity index (χ1n) is 2.25. The van der Waals surface area contributed by atoms with E-state index < -0.39 is 3.98 Å². The minimum atomic E-state index is -0.806. The monoisotopic (exact) mass is 442 g/mol. The smallest absolute Gasteiger partial charge is 0.255 e. The second kappa shape index (κ2) is 11.6. The SMILES string of the molecule is O=C(I)OOOOOOOOOOI. The van der Waals surface area contributed by atoms with E-state index in [9.17, 15) is 4.79 Å². The zero-order valence-electron chi connectivity index (χ0n) is 5.75. The van der Waals surface area contributed by atoms with Crippen LogP contribution >= 0.6 is 45.6 Å². The van der Waals surface area contributed by atoms with Crippen LogP contribution < -0.4 is 0 Å². The lowest BCUT2D eigenvalue weighted by Crippen LogP contribution is -2.02. The van der Waals surface area contributed by atoms with Crippen LogP contribution in [-0.4, -0.2) is 3.98 Å². The molecule has 0 aliphatic heterocycles. The van der Waals surface area contributed by atoms with Crippen LogP contribution in [0.2, 0.25) is 0 Å². The third kappa shape index (κ3) is 12.6. The first-order chi connectivity index (χ1) is 6.77. The molecule has 0 aromatic rings. The third-order valence-corrected chi connectivity index (χ3v) is 0.646. The van der Waals surface area contributed by atoms with Crippen molar-refractivity contribution >= 4 is 49.6 Å². The molecule has 0 fully saturated rings. The molecular formula is CI2O11. The van der Waals surface area contributed by atoms with Crippen LogP contribution in [0.25, 0.3) is 0 Å². The van der Waals surface area contributed by atoms with Gasteiger partial charge in [-0.3, -0.25) is 4.89 Å². The van der Waals surface area contributed by atoms with E-state index in [0.29, 0.717) is 0 Å². The van der Waals surface area contributed by atoms with Gasteiger partial charge < -0.3 is 0 Å². The molecule has 0 radical (unpaired) electrons. The van der Waals surface area contributed by atoms with Crippen molar-refractivity contribution in [3.05, 3.63) is 0 Å². The maximum atomic E-state index is 10.0. The Labute approximate surface area is 102 Å². The molecule has 0 unspecified atom stereocenters. The molecule has 0 N–H and O–H groups in total. The Hall–Kier alpha value is 0.570. The molecule has 0 bridgehead atoms. The van der Waals surface area contributed by atoms with Crippen molar-refractivity contribution in [1.82, 2.24) is 0 Å². The Morgan fingerprint density at radius 2 is 1.21 bits per heavy atom. The van der Waals surface area contributed by atoms with Crippen molar-refractivity contribution in [2.45, 2.75) is 0 Å². The van der Waals surface area contributed by atoms with E-state index in [1.165, 1.54) is 45.6 Å². The van der Waals surface area contributed by atoms with Gasteiger partial charge in [0.1, 0.15) is 0 Å². The number of rotatable bonds is 9. The molecule has 0 aliphatic carbocycles. The number of carbonyl (C=O) groups is 1. The summed E-state index contributed by atoms with van der Waals surface area (Å²) in [7, 11) is 0. The summed E-state index contributed by atoms with van der Waals surface area (Å²) < 4.78 is 3.04. The minimum Gasteiger partial charge on any atom is -0.255 e. The van der Waals surface area contributed by atoms with E-state index in [-0.39, 0.29) is 0 Å². The van der Waals surface area contributed by atoms with Gasteiger partial charge in [-0.05, 0) is 20.2 Å². The molecule has 14 heavy (non-hydrogen) atoms. The zero-order chi connectivity index (χ0) is 10.6. The van der Waals surface area contributed by atoms with Gasteiger partial charge in [-0.15, -0.1) is 3.22 Å². The van der Waals surface area contributed by atoms with Gasteiger partial charge in [0.25, 0.3) is 0 Å². The maximum Gasteiger partial charge on any atom is 0.403 e. The van der Waals surface area contributed by atoms with Crippen molar-refractivity contribution in [2.75, 3.05) is 0 Å². The zero-order valence-corrected chi connectivity index (χ0v) is 10.1. The fourth-order valence-electron chi connectivity index (χ4n) is 0.119. The van der Waals surface area contributed by atoms with Gasteiger partial charge in [0.05, 0.1) is 22.6 Å². The molecule has 0 heterocycles. The van der Waals surface area contributed by atoms with Gasteiger partial charge in [-0.1, -0.05) is 0 Å². The first kappa shape index (κ1) is 14.6. The van der Waals surface area contributed by atoms with Crippen molar-refractivity contribution in [3.63, 3.8) is 0 Å². The summed E-state index contributed by atoms with van der Waals surface area (Å²) in [6.45, 7) is 0. The standard InChI is InChI=1S/CI2O11/c2-1(4)5-7-9-11-13-14-12-10-8-6-3. The molecule has 0 amide bonds. The summed E-state index contributed by atoms with van der Waals surface area (Å²) in [5, 5.41) is 28.5. The van der Waals surface area contributed by atoms with E-state index in [0.717, 1.165) is 0 Å². The summed E-state index contributed by atoms with van der Waals surface area (Å²) in [6.07, 6.45) is 0. The van der Waals surface area contributed by atoms with Crippen LogP contribution in [0, 0.1) is 0 Å². The van der Waals surface area contributed by atoms with E-state index in [2.05, 4.69) is 48.4 Å². The maximum absolute atomic E-state index is 10.0. The third-order valence-electron chi connectivity index (χ3n) is 0.320. The van der Waals surface area contributed by atoms with Crippen molar-refractivity contribution < 1.29 is 53.2 Å². The van der Waals surface area contributed by atoms with Crippen LogP contribution in [0.15, 0.2) is 0 Å². The van der Waals surface area contributed by atoms with E-state index in [1.54, 1.807) is 0 Å². The van der Waals surface area contributed by atoms with Crippen LogP contribution in [0.3, 0.4) is 0 Å². The molecular weight excluding hydrogens is 442 g/mol. The van der Waals surface area contributed by atoms with Gasteiger partial charge in [0.15, 0.2) is 23.0 Å². The van der Waals surface area contributed by atoms with E-state index in [4.69, 9.17) is 0 Å². The van der Waals surface area contributed by atoms with Crippen LogP contribution in [-0.2, 0) is 48.4 Å². The second-order valence-electron chi connectivity index (χ2n) is 0.928. The van der Waals surface area contributed by atoms with Crippen LogP contribution in [0.1, 0.15) is 0 Å². The van der Waals surface area contributed by atoms with E-state index >= 15 is 0 Å². The quantitative estimate of drug-likeness (QED) is 0.170. The molecule has 0 aromatic heterocycles. The average Bonchev–Trinajstić information content (AvgIpc) is 2.15. The molecule has 0 aliphatic rings. The lowest BCUT2D eigenvalue weighted by Gasteiger charge is -1.96. The number of carbonyl (C=O) groups excluding carboxylic acids is 1. The number of halogens is 2. The molecule has 11 nitrogen and oxygen atoms in total. The highest BCUT2D eigenvalue weighted by Gasteiger charge is 1.99. The Morgan fingerprint density at radius 1 is 0.786 bits per heavy atom. The molecule has 0 aromatic carbocycles. The van der Waals surface area contributed by atoms with E-state index in [1.807, 2.05) is 0 Å². The van der Waals surface area contributed by atoms with Gasteiger partial charge in [0, 0.05) is 20.2 Å². The number of hydrogen-bond donors (Lipinski definition) is 0. The molecule has 0 atom stereocenters. The van der Waals surface area contributed by atoms with Crippen molar-refractivity contribution in [3.8, 4) is 0 Å². The number of hydrogen-bond acceptors (Lipinski definition) is 11. The Bertz CT molecular complexity index is 137. The van der Waals surface area contributed by atoms with Gasteiger partial charge in [-0.2, -0.15) is 0 Å². The van der Waals surface area contributed by atoms with Crippen molar-refractivity contribution in [1.29, 1.82) is 0 Å². The Morgan fingerprint density at radius 3 is 1.64 bits per heavy atom. The summed E-state index contributed by atoms with van der Waals surface area (Å²) in [5.41, 5.74) is 0. The summed E-state index contributed by atoms with van der Waals surface area (Å²) in [4.78, 5) is 13.7. The second-order valence-corrected chi connectivity index (χ2v) is 2.17. The highest BCUT2D eigenvalue weighted by molar-refractivity contribution is 14.1. The van der Waals surface area contributed by atoms with Crippen LogP contribution in [0.5, 0.6) is 0 Å². The Kier molecular flexibility index (Phi) is 12.1. The summed E-state index contributed by atoms with van der Waals surface area (Å²) >= 11 is 2.58. The first-order valence-corrected chi connectivity index (χ1v) is 4.21. The normalized spacial score (nSPS) is 10.1. The predicted molar refractivity (Wildman–Crippen MR) is 44.3 cm³/mol. The highest BCUT2D eigenvalue weighted by Crippen LogP contribution is 1.95. The fraction of sp³-hybridized carbons (Fsp3) is 0. The summed E-state index contributed by atoms with van der Waals surface area (Å²) in [5.74, 6) is 0. The average molecular weight is 442 g/mol. The molecule has 0 rings (SSSR count). The molecule has 84 valence electrons.